The lowest BCUT2D eigenvalue weighted by atomic mass is 10.0. The average Bonchev–Trinajstić information content (AvgIpc) is 2.60. The van der Waals surface area contributed by atoms with Gasteiger partial charge in [-0.05, 0) is 49.1 Å². The zero-order chi connectivity index (χ0) is 18.2. The van der Waals surface area contributed by atoms with E-state index in [0.29, 0.717) is 24.2 Å². The van der Waals surface area contributed by atoms with Crippen LogP contribution in [-0.4, -0.2) is 29.2 Å². The van der Waals surface area contributed by atoms with Crippen LogP contribution in [0.1, 0.15) is 17.5 Å². The molecule has 5 nitrogen and oxygen atoms in total. The molecular weight excluding hydrogens is 345 g/mol. The van der Waals surface area contributed by atoms with Gasteiger partial charge in [-0.25, -0.2) is 12.8 Å². The first-order chi connectivity index (χ1) is 11.9. The molecule has 7 heteroatoms. The fraction of sp³-hybridized carbons (Fsp3) is 0.333. The van der Waals surface area contributed by atoms with Crippen LogP contribution in [0.5, 0.6) is 11.5 Å². The molecule has 1 aliphatic rings. The van der Waals surface area contributed by atoms with Crippen LogP contribution in [0.2, 0.25) is 0 Å². The van der Waals surface area contributed by atoms with E-state index in [1.807, 2.05) is 6.07 Å². The summed E-state index contributed by atoms with van der Waals surface area (Å²) in [5.74, 6) is 0.0570. The number of ether oxygens (including phenoxy) is 2. The third kappa shape index (κ3) is 3.04. The standard InChI is InChI=1S/C18H20FNO4S/c1-12-9-13-5-4-8-20(18(13)15(19)10-12)25(21,22)17-11-14(23-2)6-7-16(17)24-3/h6-7,9-11H,4-5,8H2,1-3H3. The van der Waals surface area contributed by atoms with Crippen LogP contribution in [0.4, 0.5) is 10.1 Å². The number of nitrogens with zero attached hydrogens (tertiary/aromatic N) is 1. The van der Waals surface area contributed by atoms with Crippen LogP contribution >= 0.6 is 0 Å². The summed E-state index contributed by atoms with van der Waals surface area (Å²) in [5.41, 5.74) is 1.60. The Morgan fingerprint density at radius 2 is 1.88 bits per heavy atom. The zero-order valence-corrected chi connectivity index (χ0v) is 15.2. The second kappa shape index (κ2) is 6.55. The van der Waals surface area contributed by atoms with Gasteiger partial charge in [-0.1, -0.05) is 6.07 Å². The minimum atomic E-state index is -4.00. The Bertz CT molecular complexity index is 912. The molecule has 2 aromatic rings. The number of hydrogen-bond acceptors (Lipinski definition) is 4. The molecule has 0 amide bonds. The molecule has 25 heavy (non-hydrogen) atoms. The molecule has 0 bridgehead atoms. The van der Waals surface area contributed by atoms with Crippen LogP contribution < -0.4 is 13.8 Å². The van der Waals surface area contributed by atoms with E-state index in [-0.39, 0.29) is 22.9 Å². The number of aryl methyl sites for hydroxylation is 2. The van der Waals surface area contributed by atoms with Crippen molar-refractivity contribution in [2.24, 2.45) is 0 Å². The van der Waals surface area contributed by atoms with Crippen molar-refractivity contribution >= 4 is 15.7 Å². The third-order valence-corrected chi connectivity index (χ3v) is 6.10. The largest absolute Gasteiger partial charge is 0.497 e. The molecule has 0 saturated heterocycles. The Balaban J connectivity index is 2.18. The molecule has 0 saturated carbocycles. The summed E-state index contributed by atoms with van der Waals surface area (Å²) in [7, 11) is -1.14. The Labute approximate surface area is 147 Å². The zero-order valence-electron chi connectivity index (χ0n) is 14.4. The number of fused-ring (bicyclic) bond motifs is 1. The van der Waals surface area contributed by atoms with Crippen molar-refractivity contribution in [1.82, 2.24) is 0 Å². The number of anilines is 1. The van der Waals surface area contributed by atoms with Gasteiger partial charge < -0.3 is 9.47 Å². The summed E-state index contributed by atoms with van der Waals surface area (Å²) in [6, 6.07) is 7.74. The molecule has 1 heterocycles. The van der Waals surface area contributed by atoms with Gasteiger partial charge in [0.25, 0.3) is 10.0 Å². The van der Waals surface area contributed by atoms with Crippen molar-refractivity contribution < 1.29 is 22.3 Å². The van der Waals surface area contributed by atoms with Gasteiger partial charge in [0.1, 0.15) is 22.2 Å². The van der Waals surface area contributed by atoms with Gasteiger partial charge in [0.15, 0.2) is 0 Å². The lowest BCUT2D eigenvalue weighted by Crippen LogP contribution is -2.36. The van der Waals surface area contributed by atoms with Crippen molar-refractivity contribution in [2.75, 3.05) is 25.1 Å². The number of benzene rings is 2. The van der Waals surface area contributed by atoms with Crippen molar-refractivity contribution in [3.05, 3.63) is 47.3 Å². The highest BCUT2D eigenvalue weighted by Gasteiger charge is 2.34. The molecule has 0 unspecified atom stereocenters. The van der Waals surface area contributed by atoms with Crippen LogP contribution in [0.3, 0.4) is 0 Å². The van der Waals surface area contributed by atoms with Gasteiger partial charge in [0.05, 0.1) is 19.9 Å². The summed E-state index contributed by atoms with van der Waals surface area (Å²) in [6.45, 7) is 2.01. The van der Waals surface area contributed by atoms with Crippen LogP contribution in [0.15, 0.2) is 35.2 Å². The normalized spacial score (nSPS) is 14.2. The van der Waals surface area contributed by atoms with Crippen molar-refractivity contribution in [1.29, 1.82) is 0 Å². The number of methoxy groups -OCH3 is 2. The summed E-state index contributed by atoms with van der Waals surface area (Å²) in [5, 5.41) is 0. The van der Waals surface area contributed by atoms with Crippen LogP contribution in [0, 0.1) is 12.7 Å². The number of halogens is 1. The first kappa shape index (κ1) is 17.5. The maximum Gasteiger partial charge on any atom is 0.268 e. The average molecular weight is 365 g/mol. The lowest BCUT2D eigenvalue weighted by molar-refractivity contribution is 0.392. The SMILES string of the molecule is COc1ccc(OC)c(S(=O)(=O)N2CCCc3cc(C)cc(F)c32)c1. The summed E-state index contributed by atoms with van der Waals surface area (Å²) in [4.78, 5) is -0.0397. The summed E-state index contributed by atoms with van der Waals surface area (Å²) in [6.07, 6.45) is 1.27. The van der Waals surface area contributed by atoms with Crippen molar-refractivity contribution in [2.45, 2.75) is 24.7 Å². The maximum absolute atomic E-state index is 14.6. The van der Waals surface area contributed by atoms with E-state index in [2.05, 4.69) is 0 Å². The third-order valence-electron chi connectivity index (χ3n) is 4.28. The van der Waals surface area contributed by atoms with E-state index in [0.717, 1.165) is 9.87 Å². The summed E-state index contributed by atoms with van der Waals surface area (Å²) >= 11 is 0. The number of rotatable bonds is 4. The van der Waals surface area contributed by atoms with Gasteiger partial charge in [0, 0.05) is 12.6 Å². The quantitative estimate of drug-likeness (QED) is 0.834. The van der Waals surface area contributed by atoms with Gasteiger partial charge in [-0.3, -0.25) is 4.31 Å². The minimum Gasteiger partial charge on any atom is -0.497 e. The van der Waals surface area contributed by atoms with Gasteiger partial charge in [-0.15, -0.1) is 0 Å². The van der Waals surface area contributed by atoms with Crippen LogP contribution in [-0.2, 0) is 16.4 Å². The highest BCUT2D eigenvalue weighted by Crippen LogP contribution is 2.38. The molecule has 3 rings (SSSR count). The fourth-order valence-corrected chi connectivity index (χ4v) is 4.87. The van der Waals surface area contributed by atoms with Gasteiger partial charge in [0.2, 0.25) is 0 Å². The first-order valence-electron chi connectivity index (χ1n) is 7.92. The van der Waals surface area contributed by atoms with E-state index < -0.39 is 15.8 Å². The molecule has 0 aromatic heterocycles. The molecule has 1 aliphatic heterocycles. The van der Waals surface area contributed by atoms with Gasteiger partial charge in [-0.2, -0.15) is 0 Å². The molecule has 0 radical (unpaired) electrons. The molecule has 0 aliphatic carbocycles. The van der Waals surface area contributed by atoms with E-state index in [1.165, 1.54) is 32.4 Å². The number of sulfonamides is 1. The topological polar surface area (TPSA) is 55.8 Å². The second-order valence-corrected chi connectivity index (χ2v) is 7.78. The number of hydrogen-bond donors (Lipinski definition) is 0. The molecule has 0 spiro atoms. The molecule has 0 atom stereocenters. The maximum atomic E-state index is 14.6. The van der Waals surface area contributed by atoms with Crippen LogP contribution in [0.25, 0.3) is 0 Å². The Morgan fingerprint density at radius 1 is 1.12 bits per heavy atom. The minimum absolute atomic E-state index is 0.0397. The van der Waals surface area contributed by atoms with E-state index >= 15 is 0 Å². The second-order valence-electron chi connectivity index (χ2n) is 5.95. The fourth-order valence-electron chi connectivity index (χ4n) is 3.15. The van der Waals surface area contributed by atoms with E-state index in [1.54, 1.807) is 13.0 Å². The van der Waals surface area contributed by atoms with Crippen molar-refractivity contribution in [3.8, 4) is 11.5 Å². The smallest absolute Gasteiger partial charge is 0.268 e. The molecule has 134 valence electrons. The first-order valence-corrected chi connectivity index (χ1v) is 9.36. The predicted molar refractivity (Wildman–Crippen MR) is 93.5 cm³/mol. The monoisotopic (exact) mass is 365 g/mol. The van der Waals surface area contributed by atoms with E-state index in [4.69, 9.17) is 9.47 Å². The summed E-state index contributed by atoms with van der Waals surface area (Å²) < 4.78 is 52.6. The molecule has 2 aromatic carbocycles. The highest BCUT2D eigenvalue weighted by molar-refractivity contribution is 7.93. The molecular formula is C18H20FNO4S. The molecule has 0 fully saturated rings. The Hall–Kier alpha value is -2.28. The van der Waals surface area contributed by atoms with Crippen molar-refractivity contribution in [3.63, 3.8) is 0 Å². The Morgan fingerprint density at radius 3 is 2.56 bits per heavy atom. The lowest BCUT2D eigenvalue weighted by Gasteiger charge is -2.31. The van der Waals surface area contributed by atoms with E-state index in [9.17, 15) is 12.8 Å². The highest BCUT2D eigenvalue weighted by atomic mass is 32.2. The predicted octanol–water partition coefficient (Wildman–Crippen LogP) is 3.29. The van der Waals surface area contributed by atoms with Gasteiger partial charge >= 0.3 is 0 Å². The molecule has 0 N–H and O–H groups in total. The Kier molecular flexibility index (Phi) is 4.60.